The largest absolute Gasteiger partial charge is 0.340 e. The molecule has 0 aliphatic rings. The highest BCUT2D eigenvalue weighted by Crippen LogP contribution is 1.94. The lowest BCUT2D eigenvalue weighted by molar-refractivity contribution is 0.248. The highest BCUT2D eigenvalue weighted by atomic mass is 33.1. The van der Waals surface area contributed by atoms with Gasteiger partial charge in [-0.2, -0.15) is 0 Å². The average Bonchev–Trinajstić information content (AvgIpc) is 1.68. The van der Waals surface area contributed by atoms with Gasteiger partial charge in [0.05, 0.1) is 0 Å². The Hall–Kier alpha value is -0.0300. The number of urea groups is 1. The van der Waals surface area contributed by atoms with E-state index in [-0.39, 0.29) is 6.03 Å². The van der Waals surface area contributed by atoms with Crippen LogP contribution in [-0.4, -0.2) is 13.1 Å². The van der Waals surface area contributed by atoms with Crippen LogP contribution in [0.5, 0.6) is 0 Å². The molecule has 42 valence electrons. The van der Waals surface area contributed by atoms with Gasteiger partial charge in [0.2, 0.25) is 0 Å². The van der Waals surface area contributed by atoms with Gasteiger partial charge in [0, 0.05) is 18.0 Å². The molecule has 0 saturated carbocycles. The fourth-order valence-electron chi connectivity index (χ4n) is 0.0925. The monoisotopic (exact) mass is 138 g/mol. The summed E-state index contributed by atoms with van der Waals surface area (Å²) >= 11 is 3.66. The molecular weight excluding hydrogens is 132 g/mol. The average molecular weight is 138 g/mol. The molecule has 0 unspecified atom stereocenters. The normalized spacial score (nSPS) is 7.71. The zero-order chi connectivity index (χ0) is 5.70. The van der Waals surface area contributed by atoms with Gasteiger partial charge < -0.3 is 5.32 Å². The van der Waals surface area contributed by atoms with Gasteiger partial charge in [-0.05, 0) is 0 Å². The maximum absolute atomic E-state index is 10.1. The summed E-state index contributed by atoms with van der Waals surface area (Å²) in [4.78, 5) is 10.1. The van der Waals surface area contributed by atoms with Crippen LogP contribution in [0, 0.1) is 0 Å². The molecule has 0 atom stereocenters. The van der Waals surface area contributed by atoms with Crippen molar-refractivity contribution in [2.75, 3.05) is 7.05 Å². The van der Waals surface area contributed by atoms with Gasteiger partial charge in [0.25, 0.3) is 0 Å². The minimum atomic E-state index is -0.236. The predicted molar refractivity (Wildman–Crippen MR) is 34.2 cm³/mol. The Bertz CT molecular complexity index is 66.7. The van der Waals surface area contributed by atoms with Crippen LogP contribution in [0.3, 0.4) is 0 Å². The fraction of sp³-hybridized carbons (Fsp3) is 0.500. The smallest absolute Gasteiger partial charge is 0.325 e. The Labute approximate surface area is 51.2 Å². The predicted octanol–water partition coefficient (Wildman–Crippen LogP) is 0.408. The zero-order valence-electron chi connectivity index (χ0n) is 3.76. The van der Waals surface area contributed by atoms with Crippen molar-refractivity contribution in [3.05, 3.63) is 0 Å². The Balaban J connectivity index is 3.00. The molecule has 2 amide bonds. The molecule has 3 nitrogen and oxygen atoms in total. The second-order valence-corrected chi connectivity index (χ2v) is 1.71. The highest BCUT2D eigenvalue weighted by Gasteiger charge is 1.87. The van der Waals surface area contributed by atoms with Crippen molar-refractivity contribution in [3.63, 3.8) is 0 Å². The van der Waals surface area contributed by atoms with Gasteiger partial charge in [-0.1, -0.05) is 11.7 Å². The number of carbonyl (C=O) groups is 1. The highest BCUT2D eigenvalue weighted by molar-refractivity contribution is 8.68. The molecule has 0 heterocycles. The zero-order valence-corrected chi connectivity index (χ0v) is 5.47. The molecule has 7 heavy (non-hydrogen) atoms. The first-order valence-corrected chi connectivity index (χ1v) is 3.46. The summed E-state index contributed by atoms with van der Waals surface area (Å²) in [6.07, 6.45) is 0. The molecule has 0 aromatic heterocycles. The summed E-state index contributed by atoms with van der Waals surface area (Å²) in [5.41, 5.74) is 0. The third-order valence-corrected chi connectivity index (χ3v) is 0.916. The van der Waals surface area contributed by atoms with Crippen LogP contribution in [0.1, 0.15) is 0 Å². The fourth-order valence-corrected chi connectivity index (χ4v) is 0.526. The van der Waals surface area contributed by atoms with Gasteiger partial charge in [-0.3, -0.25) is 4.72 Å². The first kappa shape index (κ1) is 6.97. The van der Waals surface area contributed by atoms with E-state index >= 15 is 0 Å². The molecule has 0 bridgehead atoms. The van der Waals surface area contributed by atoms with Crippen LogP contribution in [0.4, 0.5) is 4.79 Å². The van der Waals surface area contributed by atoms with Crippen LogP contribution >= 0.6 is 22.6 Å². The van der Waals surface area contributed by atoms with E-state index in [0.29, 0.717) is 0 Å². The van der Waals surface area contributed by atoms with Gasteiger partial charge in [-0.15, -0.1) is 0 Å². The molecule has 0 saturated heterocycles. The van der Waals surface area contributed by atoms with E-state index in [2.05, 4.69) is 21.7 Å². The van der Waals surface area contributed by atoms with E-state index in [1.165, 1.54) is 0 Å². The number of hydrogen-bond acceptors (Lipinski definition) is 3. The van der Waals surface area contributed by atoms with Gasteiger partial charge in [0.15, 0.2) is 0 Å². The molecule has 0 aliphatic carbocycles. The molecule has 5 heteroatoms. The minimum absolute atomic E-state index is 0.236. The number of thiol groups is 1. The standard InChI is InChI=1S/C2H6N2OS2/c1-3-2(5)4-7-6/h6H,1H3,(H2,3,4,5). The Morgan fingerprint density at radius 1 is 1.86 bits per heavy atom. The lowest BCUT2D eigenvalue weighted by atomic mass is 11.0. The summed E-state index contributed by atoms with van der Waals surface area (Å²) in [5, 5.41) is 2.35. The van der Waals surface area contributed by atoms with Crippen LogP contribution in [0.2, 0.25) is 0 Å². The van der Waals surface area contributed by atoms with Crippen molar-refractivity contribution < 1.29 is 4.79 Å². The second kappa shape index (κ2) is 4.14. The van der Waals surface area contributed by atoms with E-state index in [9.17, 15) is 4.79 Å². The van der Waals surface area contributed by atoms with Crippen LogP contribution in [0.25, 0.3) is 0 Å². The van der Waals surface area contributed by atoms with Gasteiger partial charge in [-0.25, -0.2) is 4.79 Å². The summed E-state index contributed by atoms with van der Waals surface area (Å²) in [6, 6.07) is -0.236. The SMILES string of the molecule is CNC(=O)NSS. The maximum Gasteiger partial charge on any atom is 0.325 e. The van der Waals surface area contributed by atoms with Crippen molar-refractivity contribution in [2.45, 2.75) is 0 Å². The molecule has 0 fully saturated rings. The summed E-state index contributed by atoms with van der Waals surface area (Å²) in [7, 11) is 2.51. The molecule has 0 rings (SSSR count). The first-order valence-electron chi connectivity index (χ1n) is 1.59. The van der Waals surface area contributed by atoms with E-state index < -0.39 is 0 Å². The van der Waals surface area contributed by atoms with Crippen molar-refractivity contribution in [3.8, 4) is 0 Å². The number of rotatable bonds is 1. The number of hydrogen-bond donors (Lipinski definition) is 3. The quantitative estimate of drug-likeness (QED) is 0.279. The first-order chi connectivity index (χ1) is 3.31. The molecular formula is C2H6N2OS2. The lowest BCUT2D eigenvalue weighted by Gasteiger charge is -1.94. The minimum Gasteiger partial charge on any atom is -0.340 e. The molecule has 0 aromatic carbocycles. The van der Waals surface area contributed by atoms with Crippen molar-refractivity contribution >= 4 is 28.7 Å². The Morgan fingerprint density at radius 2 is 2.43 bits per heavy atom. The molecule has 0 aliphatic heterocycles. The van der Waals surface area contributed by atoms with Gasteiger partial charge >= 0.3 is 6.03 Å². The molecule has 0 spiro atoms. The van der Waals surface area contributed by atoms with Gasteiger partial charge in [0.1, 0.15) is 0 Å². The van der Waals surface area contributed by atoms with E-state index in [1.807, 2.05) is 0 Å². The van der Waals surface area contributed by atoms with Crippen molar-refractivity contribution in [1.82, 2.24) is 10.0 Å². The molecule has 0 aromatic rings. The lowest BCUT2D eigenvalue weighted by Crippen LogP contribution is -2.26. The molecule has 0 radical (unpaired) electrons. The topological polar surface area (TPSA) is 41.1 Å². The third kappa shape index (κ3) is 3.81. The number of carbonyl (C=O) groups excluding carboxylic acids is 1. The Morgan fingerprint density at radius 3 is 2.57 bits per heavy atom. The maximum atomic E-state index is 10.1. The number of amides is 2. The van der Waals surface area contributed by atoms with Crippen LogP contribution in [0.15, 0.2) is 0 Å². The Kier molecular flexibility index (Phi) is 4.12. The second-order valence-electron chi connectivity index (χ2n) is 0.772. The summed E-state index contributed by atoms with van der Waals surface area (Å²) < 4.78 is 2.33. The number of nitrogens with one attached hydrogen (secondary N) is 2. The summed E-state index contributed by atoms with van der Waals surface area (Å²) in [6.45, 7) is 0. The van der Waals surface area contributed by atoms with Crippen molar-refractivity contribution in [1.29, 1.82) is 0 Å². The van der Waals surface area contributed by atoms with E-state index in [4.69, 9.17) is 0 Å². The van der Waals surface area contributed by atoms with E-state index in [1.54, 1.807) is 7.05 Å². The van der Waals surface area contributed by atoms with E-state index in [0.717, 1.165) is 11.0 Å². The molecule has 2 N–H and O–H groups in total. The summed E-state index contributed by atoms with van der Waals surface area (Å²) in [5.74, 6) is 0. The van der Waals surface area contributed by atoms with Crippen molar-refractivity contribution in [2.24, 2.45) is 0 Å². The van der Waals surface area contributed by atoms with Crippen LogP contribution < -0.4 is 10.0 Å². The third-order valence-electron chi connectivity index (χ3n) is 0.365. The van der Waals surface area contributed by atoms with Crippen LogP contribution in [-0.2, 0) is 0 Å².